The van der Waals surface area contributed by atoms with Gasteiger partial charge in [0.2, 0.25) is 0 Å². The van der Waals surface area contributed by atoms with Crippen LogP contribution >= 0.6 is 0 Å². The van der Waals surface area contributed by atoms with Crippen molar-refractivity contribution >= 4 is 5.97 Å². The van der Waals surface area contributed by atoms with Gasteiger partial charge in [0.15, 0.2) is 0 Å². The van der Waals surface area contributed by atoms with Crippen molar-refractivity contribution in [1.82, 2.24) is 15.0 Å². The molecule has 0 saturated heterocycles. The molecule has 0 unspecified atom stereocenters. The van der Waals surface area contributed by atoms with Crippen molar-refractivity contribution in [2.75, 3.05) is 7.11 Å². The van der Waals surface area contributed by atoms with Crippen LogP contribution in [0.5, 0.6) is 0 Å². The third kappa shape index (κ3) is 3.49. The first-order chi connectivity index (χ1) is 10.6. The van der Waals surface area contributed by atoms with Gasteiger partial charge in [0.1, 0.15) is 5.69 Å². The predicted octanol–water partition coefficient (Wildman–Crippen LogP) is 1.44. The fourth-order valence-electron chi connectivity index (χ4n) is 2.03. The quantitative estimate of drug-likeness (QED) is 0.812. The van der Waals surface area contributed by atoms with Crippen molar-refractivity contribution in [2.45, 2.75) is 33.1 Å². The Morgan fingerprint density at radius 2 is 2.18 bits per heavy atom. The second-order valence-corrected chi connectivity index (χ2v) is 5.04. The molecule has 0 saturated carbocycles. The monoisotopic (exact) mass is 304 g/mol. The molecule has 0 radical (unpaired) electrons. The number of methoxy groups -OCH3 is 1. The highest BCUT2D eigenvalue weighted by atomic mass is 16.5. The molecule has 2 aromatic rings. The lowest BCUT2D eigenvalue weighted by atomic mass is 10.2. The van der Waals surface area contributed by atoms with Crippen LogP contribution < -0.4 is 5.73 Å². The first-order valence-electron chi connectivity index (χ1n) is 7.00. The smallest absolute Gasteiger partial charge is 0.338 e. The number of carbonyl (C=O) groups excluding carboxylic acids is 1. The number of hydrogen-bond donors (Lipinski definition) is 1. The maximum atomic E-state index is 12.0. The first-order valence-corrected chi connectivity index (χ1v) is 7.00. The Morgan fingerprint density at radius 1 is 1.41 bits per heavy atom. The molecular weight excluding hydrogens is 284 g/mol. The molecule has 1 heterocycles. The average Bonchev–Trinajstić information content (AvgIpc) is 2.90. The summed E-state index contributed by atoms with van der Waals surface area (Å²) >= 11 is 0. The minimum Gasteiger partial charge on any atom is -0.459 e. The fraction of sp³-hybridized carbons (Fsp3) is 0.400. The zero-order valence-corrected chi connectivity index (χ0v) is 12.9. The topological polar surface area (TPSA) is 92.3 Å². The van der Waals surface area contributed by atoms with E-state index < -0.39 is 0 Å². The van der Waals surface area contributed by atoms with E-state index in [1.807, 2.05) is 19.9 Å². The third-order valence-electron chi connectivity index (χ3n) is 2.99. The van der Waals surface area contributed by atoms with Crippen LogP contribution in [0.15, 0.2) is 24.3 Å². The van der Waals surface area contributed by atoms with Crippen molar-refractivity contribution < 1.29 is 14.3 Å². The number of benzene rings is 1. The Morgan fingerprint density at radius 3 is 2.82 bits per heavy atom. The average molecular weight is 304 g/mol. The molecule has 0 atom stereocenters. The standard InChI is InChI=1S/C15H20N4O3/c1-10(2)22-15(20)11-5-4-6-12(7-11)19-14(9-21-3)13(8-16)17-18-19/h4-7,10H,8-9,16H2,1-3H3. The molecule has 0 aliphatic rings. The molecule has 22 heavy (non-hydrogen) atoms. The van der Waals surface area contributed by atoms with E-state index in [0.29, 0.717) is 23.6 Å². The van der Waals surface area contributed by atoms with Crippen LogP contribution in [-0.2, 0) is 22.6 Å². The summed E-state index contributed by atoms with van der Waals surface area (Å²) in [6.07, 6.45) is -0.171. The molecule has 0 bridgehead atoms. The summed E-state index contributed by atoms with van der Waals surface area (Å²) < 4.78 is 12.0. The molecule has 1 aromatic carbocycles. The highest BCUT2D eigenvalue weighted by Gasteiger charge is 2.15. The van der Waals surface area contributed by atoms with Crippen molar-refractivity contribution in [3.05, 3.63) is 41.2 Å². The highest BCUT2D eigenvalue weighted by molar-refractivity contribution is 5.90. The van der Waals surface area contributed by atoms with E-state index in [1.165, 1.54) is 0 Å². The maximum absolute atomic E-state index is 12.0. The maximum Gasteiger partial charge on any atom is 0.338 e. The first kappa shape index (κ1) is 16.1. The summed E-state index contributed by atoms with van der Waals surface area (Å²) in [5, 5.41) is 8.14. The minimum absolute atomic E-state index is 0.171. The Labute approximate surface area is 129 Å². The third-order valence-corrected chi connectivity index (χ3v) is 2.99. The molecule has 0 aliphatic heterocycles. The number of ether oxygens (including phenoxy) is 2. The lowest BCUT2D eigenvalue weighted by molar-refractivity contribution is 0.0378. The Bertz CT molecular complexity index is 652. The van der Waals surface area contributed by atoms with Gasteiger partial charge in [-0.15, -0.1) is 5.10 Å². The molecule has 7 heteroatoms. The second-order valence-electron chi connectivity index (χ2n) is 5.04. The number of aromatic nitrogens is 3. The summed E-state index contributed by atoms with van der Waals surface area (Å²) in [5.74, 6) is -0.371. The Kier molecular flexibility index (Phi) is 5.24. The van der Waals surface area contributed by atoms with Gasteiger partial charge in [-0.25, -0.2) is 9.48 Å². The molecule has 118 valence electrons. The van der Waals surface area contributed by atoms with Crippen molar-refractivity contribution in [2.24, 2.45) is 5.73 Å². The van der Waals surface area contributed by atoms with Crippen LogP contribution in [-0.4, -0.2) is 34.2 Å². The summed E-state index contributed by atoms with van der Waals surface area (Å²) in [4.78, 5) is 12.0. The zero-order valence-electron chi connectivity index (χ0n) is 12.9. The summed E-state index contributed by atoms with van der Waals surface area (Å²) in [7, 11) is 1.59. The molecule has 2 N–H and O–H groups in total. The molecule has 0 aliphatic carbocycles. The largest absolute Gasteiger partial charge is 0.459 e. The van der Waals surface area contributed by atoms with Crippen LogP contribution in [0.25, 0.3) is 5.69 Å². The Hall–Kier alpha value is -2.25. The van der Waals surface area contributed by atoms with Gasteiger partial charge in [-0.05, 0) is 32.0 Å². The lowest BCUT2D eigenvalue weighted by Gasteiger charge is -2.10. The number of carbonyl (C=O) groups is 1. The van der Waals surface area contributed by atoms with E-state index in [-0.39, 0.29) is 18.6 Å². The number of nitrogens with two attached hydrogens (primary N) is 1. The number of hydrogen-bond acceptors (Lipinski definition) is 6. The number of nitrogens with zero attached hydrogens (tertiary/aromatic N) is 3. The van der Waals surface area contributed by atoms with Crippen LogP contribution in [0, 0.1) is 0 Å². The lowest BCUT2D eigenvalue weighted by Crippen LogP contribution is -2.12. The number of esters is 1. The SMILES string of the molecule is COCc1c(CN)nnn1-c1cccc(C(=O)OC(C)C)c1. The second kappa shape index (κ2) is 7.15. The summed E-state index contributed by atoms with van der Waals surface area (Å²) in [5.41, 5.74) is 8.25. The van der Waals surface area contributed by atoms with E-state index >= 15 is 0 Å². The number of rotatable bonds is 6. The van der Waals surface area contributed by atoms with E-state index in [4.69, 9.17) is 15.2 Å². The van der Waals surface area contributed by atoms with Crippen LogP contribution in [0.2, 0.25) is 0 Å². The normalized spacial score (nSPS) is 11.0. The summed E-state index contributed by atoms with van der Waals surface area (Å²) in [6.45, 7) is 4.22. The van der Waals surface area contributed by atoms with E-state index in [9.17, 15) is 4.79 Å². The molecule has 0 spiro atoms. The van der Waals surface area contributed by atoms with Crippen LogP contribution in [0.1, 0.15) is 35.6 Å². The highest BCUT2D eigenvalue weighted by Crippen LogP contribution is 2.16. The summed E-state index contributed by atoms with van der Waals surface area (Å²) in [6, 6.07) is 7.01. The van der Waals surface area contributed by atoms with E-state index in [1.54, 1.807) is 30.0 Å². The molecule has 0 fully saturated rings. The van der Waals surface area contributed by atoms with Gasteiger partial charge in [-0.3, -0.25) is 0 Å². The van der Waals surface area contributed by atoms with E-state index in [0.717, 1.165) is 5.69 Å². The molecular formula is C15H20N4O3. The molecule has 2 rings (SSSR count). The van der Waals surface area contributed by atoms with Gasteiger partial charge in [0.05, 0.1) is 29.7 Å². The fourth-order valence-corrected chi connectivity index (χ4v) is 2.03. The van der Waals surface area contributed by atoms with Gasteiger partial charge in [0, 0.05) is 13.7 Å². The van der Waals surface area contributed by atoms with Crippen molar-refractivity contribution in [3.8, 4) is 5.69 Å². The zero-order chi connectivity index (χ0) is 16.1. The van der Waals surface area contributed by atoms with Crippen LogP contribution in [0.4, 0.5) is 0 Å². The predicted molar refractivity (Wildman–Crippen MR) is 80.5 cm³/mol. The van der Waals surface area contributed by atoms with Crippen molar-refractivity contribution in [3.63, 3.8) is 0 Å². The Balaban J connectivity index is 2.37. The minimum atomic E-state index is -0.371. The molecule has 0 amide bonds. The van der Waals surface area contributed by atoms with Gasteiger partial charge in [0.25, 0.3) is 0 Å². The molecule has 1 aromatic heterocycles. The molecule has 7 nitrogen and oxygen atoms in total. The van der Waals surface area contributed by atoms with Gasteiger partial charge in [-0.2, -0.15) is 0 Å². The van der Waals surface area contributed by atoms with Gasteiger partial charge in [-0.1, -0.05) is 11.3 Å². The van der Waals surface area contributed by atoms with Crippen molar-refractivity contribution in [1.29, 1.82) is 0 Å². The van der Waals surface area contributed by atoms with E-state index in [2.05, 4.69) is 10.3 Å². The van der Waals surface area contributed by atoms with Crippen LogP contribution in [0.3, 0.4) is 0 Å². The van der Waals surface area contributed by atoms with Gasteiger partial charge >= 0.3 is 5.97 Å². The van der Waals surface area contributed by atoms with Gasteiger partial charge < -0.3 is 15.2 Å².